The van der Waals surface area contributed by atoms with E-state index in [2.05, 4.69) is 21.3 Å². The maximum Gasteiger partial charge on any atom is 0.272 e. The highest BCUT2D eigenvalue weighted by Crippen LogP contribution is 2.31. The number of fused-ring (bicyclic) bond motifs is 1. The number of benzene rings is 1. The molecule has 2 aliphatic heterocycles. The number of hydrogen-bond donors (Lipinski definition) is 1. The smallest absolute Gasteiger partial charge is 0.272 e. The molecule has 1 fully saturated rings. The number of hydrogen-bond acceptors (Lipinski definition) is 5. The summed E-state index contributed by atoms with van der Waals surface area (Å²) in [6.07, 6.45) is 2.19. The molecule has 1 aromatic carbocycles. The van der Waals surface area contributed by atoms with Gasteiger partial charge in [-0.2, -0.15) is 5.26 Å². The number of nitrogens with zero attached hydrogens (tertiary/aromatic N) is 5. The molecule has 1 aromatic heterocycles. The summed E-state index contributed by atoms with van der Waals surface area (Å²) < 4.78 is 16.7. The van der Waals surface area contributed by atoms with Crippen molar-refractivity contribution in [3.63, 3.8) is 0 Å². The van der Waals surface area contributed by atoms with Gasteiger partial charge in [0.2, 0.25) is 5.91 Å². The number of nitriles is 1. The van der Waals surface area contributed by atoms with E-state index in [1.165, 1.54) is 18.2 Å². The van der Waals surface area contributed by atoms with E-state index < -0.39 is 29.2 Å². The molecule has 2 atom stereocenters. The fourth-order valence-corrected chi connectivity index (χ4v) is 5.13. The van der Waals surface area contributed by atoms with Crippen LogP contribution in [0.25, 0.3) is 11.4 Å². The van der Waals surface area contributed by atoms with Crippen LogP contribution in [-0.4, -0.2) is 63.4 Å². The molecule has 0 aliphatic carbocycles. The second kappa shape index (κ2) is 10.2. The van der Waals surface area contributed by atoms with E-state index in [4.69, 9.17) is 11.6 Å². The summed E-state index contributed by atoms with van der Waals surface area (Å²) in [6, 6.07) is 5.12. The number of nitrogens with one attached hydrogen (secondary N) is 1. The Bertz CT molecular complexity index is 1210. The Labute approximate surface area is 216 Å². The fourth-order valence-electron chi connectivity index (χ4n) is 4.96. The number of carbonyl (C=O) groups excluding carboxylic acids is 2. The molecule has 0 radical (unpaired) electrons. The third kappa shape index (κ3) is 5.11. The highest BCUT2D eigenvalue weighted by atomic mass is 35.5. The van der Waals surface area contributed by atoms with E-state index in [1.54, 1.807) is 4.90 Å². The monoisotopic (exact) mass is 514 g/mol. The molecule has 10 heteroatoms. The van der Waals surface area contributed by atoms with Gasteiger partial charge in [-0.25, -0.2) is 9.37 Å². The van der Waals surface area contributed by atoms with Crippen molar-refractivity contribution in [1.29, 1.82) is 5.26 Å². The van der Waals surface area contributed by atoms with Crippen LogP contribution in [0.3, 0.4) is 0 Å². The maximum absolute atomic E-state index is 14.8. The molecule has 8 nitrogen and oxygen atoms in total. The zero-order valence-corrected chi connectivity index (χ0v) is 21.9. The average Bonchev–Trinajstić information content (AvgIpc) is 3.38. The van der Waals surface area contributed by atoms with E-state index in [1.807, 2.05) is 32.4 Å². The molecule has 0 spiro atoms. The Morgan fingerprint density at radius 2 is 2.00 bits per heavy atom. The van der Waals surface area contributed by atoms with Crippen LogP contribution in [-0.2, 0) is 17.9 Å². The van der Waals surface area contributed by atoms with Crippen LogP contribution < -0.4 is 5.32 Å². The van der Waals surface area contributed by atoms with Crippen LogP contribution >= 0.6 is 11.6 Å². The zero-order valence-electron chi connectivity index (χ0n) is 21.1. The predicted octanol–water partition coefficient (Wildman–Crippen LogP) is 3.84. The van der Waals surface area contributed by atoms with Crippen LogP contribution in [0.1, 0.15) is 56.2 Å². The molecule has 3 heterocycles. The van der Waals surface area contributed by atoms with E-state index in [-0.39, 0.29) is 17.2 Å². The molecule has 36 heavy (non-hydrogen) atoms. The third-order valence-electron chi connectivity index (χ3n) is 6.87. The third-order valence-corrected chi connectivity index (χ3v) is 7.11. The van der Waals surface area contributed by atoms with Crippen LogP contribution in [0.15, 0.2) is 18.2 Å². The topological polar surface area (TPSA) is 94.3 Å². The predicted molar refractivity (Wildman–Crippen MR) is 135 cm³/mol. The first kappa shape index (κ1) is 26.1. The van der Waals surface area contributed by atoms with Crippen LogP contribution in [0.5, 0.6) is 0 Å². The quantitative estimate of drug-likeness (QED) is 0.669. The van der Waals surface area contributed by atoms with Gasteiger partial charge in [0.05, 0.1) is 17.3 Å². The van der Waals surface area contributed by atoms with Crippen molar-refractivity contribution in [3.8, 4) is 17.5 Å². The molecule has 1 saturated heterocycles. The van der Waals surface area contributed by atoms with E-state index in [0.717, 1.165) is 19.4 Å². The highest BCUT2D eigenvalue weighted by Gasteiger charge is 2.40. The fraction of sp³-hybridized carbons (Fsp3) is 0.538. The van der Waals surface area contributed by atoms with Gasteiger partial charge in [0.1, 0.15) is 23.7 Å². The maximum atomic E-state index is 14.8. The number of rotatable bonds is 4. The molecular formula is C26H32ClFN6O2. The normalized spacial score (nSPS) is 19.4. The molecule has 2 unspecified atom stereocenters. The average molecular weight is 515 g/mol. The number of carbonyl (C=O) groups is 2. The number of imidazole rings is 1. The van der Waals surface area contributed by atoms with Crippen LogP contribution in [0.2, 0.25) is 5.02 Å². The molecular weight excluding hydrogens is 483 g/mol. The van der Waals surface area contributed by atoms with Gasteiger partial charge in [-0.05, 0) is 56.5 Å². The Morgan fingerprint density at radius 3 is 2.69 bits per heavy atom. The summed E-state index contributed by atoms with van der Waals surface area (Å²) in [4.78, 5) is 35.5. The van der Waals surface area contributed by atoms with Gasteiger partial charge in [0, 0.05) is 24.7 Å². The second-order valence-electron chi connectivity index (χ2n) is 10.7. The molecule has 0 saturated carbocycles. The van der Waals surface area contributed by atoms with Gasteiger partial charge in [-0.15, -0.1) is 0 Å². The van der Waals surface area contributed by atoms with Crippen molar-refractivity contribution < 1.29 is 14.0 Å². The summed E-state index contributed by atoms with van der Waals surface area (Å²) >= 11 is 6.16. The molecule has 2 amide bonds. The standard InChI is InChI=1S/C26H32ClFN6O2/c1-26(2,3)22(25(36)33-11-5-7-17(33)14-29)31-24(35)21-20-15-32(4)10-6-12-34(20)23(30-21)18-13-16(27)8-9-19(18)28/h8-9,13,17,22H,5-7,10-12,15H2,1-4H3,(H,31,35). The van der Waals surface area contributed by atoms with E-state index in [0.29, 0.717) is 42.6 Å². The van der Waals surface area contributed by atoms with Crippen LogP contribution in [0.4, 0.5) is 4.39 Å². The van der Waals surface area contributed by atoms with Crippen molar-refractivity contribution in [2.45, 2.75) is 65.2 Å². The van der Waals surface area contributed by atoms with Crippen molar-refractivity contribution in [1.82, 2.24) is 24.7 Å². The molecule has 1 N–H and O–H groups in total. The number of amides is 2. The van der Waals surface area contributed by atoms with Crippen molar-refractivity contribution in [2.75, 3.05) is 20.1 Å². The van der Waals surface area contributed by atoms with Gasteiger partial charge in [0.25, 0.3) is 5.91 Å². The Hall–Kier alpha value is -2.96. The molecule has 0 bridgehead atoms. The number of halogens is 2. The van der Waals surface area contributed by atoms with Crippen molar-refractivity contribution >= 4 is 23.4 Å². The first-order valence-corrected chi connectivity index (χ1v) is 12.6. The lowest BCUT2D eigenvalue weighted by atomic mass is 9.85. The Morgan fingerprint density at radius 1 is 1.25 bits per heavy atom. The van der Waals surface area contributed by atoms with E-state index in [9.17, 15) is 19.2 Å². The van der Waals surface area contributed by atoms with Gasteiger partial charge >= 0.3 is 0 Å². The molecule has 4 rings (SSSR count). The van der Waals surface area contributed by atoms with Gasteiger partial charge < -0.3 is 19.7 Å². The largest absolute Gasteiger partial charge is 0.338 e. The summed E-state index contributed by atoms with van der Waals surface area (Å²) in [7, 11) is 1.96. The SMILES string of the molecule is CN1CCCn2c(-c3cc(Cl)ccc3F)nc(C(=O)NC(C(=O)N3CCCC3C#N)C(C)(C)C)c2C1. The van der Waals surface area contributed by atoms with Gasteiger partial charge in [0.15, 0.2) is 5.69 Å². The highest BCUT2D eigenvalue weighted by molar-refractivity contribution is 6.30. The first-order chi connectivity index (χ1) is 17.0. The van der Waals surface area contributed by atoms with Gasteiger partial charge in [-0.1, -0.05) is 32.4 Å². The summed E-state index contributed by atoms with van der Waals surface area (Å²) in [5.41, 5.74) is 0.450. The molecule has 2 aromatic rings. The number of aromatic nitrogens is 2. The van der Waals surface area contributed by atoms with Crippen molar-refractivity contribution in [2.24, 2.45) is 5.41 Å². The lowest BCUT2D eigenvalue weighted by Gasteiger charge is -2.34. The van der Waals surface area contributed by atoms with Crippen molar-refractivity contribution in [3.05, 3.63) is 40.4 Å². The Kier molecular flexibility index (Phi) is 7.39. The Balaban J connectivity index is 1.74. The number of likely N-dealkylation sites (tertiary alicyclic amines) is 1. The minimum absolute atomic E-state index is 0.165. The first-order valence-electron chi connectivity index (χ1n) is 12.3. The van der Waals surface area contributed by atoms with Crippen LogP contribution in [0, 0.1) is 22.6 Å². The minimum atomic E-state index is -0.855. The molecule has 2 aliphatic rings. The second-order valence-corrected chi connectivity index (χ2v) is 11.1. The lowest BCUT2D eigenvalue weighted by molar-refractivity contribution is -0.135. The minimum Gasteiger partial charge on any atom is -0.338 e. The summed E-state index contributed by atoms with van der Waals surface area (Å²) in [5.74, 6) is -0.906. The summed E-state index contributed by atoms with van der Waals surface area (Å²) in [6.45, 7) is 7.95. The van der Waals surface area contributed by atoms with E-state index >= 15 is 0 Å². The lowest BCUT2D eigenvalue weighted by Crippen LogP contribution is -2.55. The van der Waals surface area contributed by atoms with Gasteiger partial charge in [-0.3, -0.25) is 9.59 Å². The molecule has 192 valence electrons. The zero-order chi connectivity index (χ0) is 26.2. The summed E-state index contributed by atoms with van der Waals surface area (Å²) in [5, 5.41) is 12.8.